The number of benzene rings is 1. The molecule has 0 amide bonds. The zero-order valence-electron chi connectivity index (χ0n) is 12.4. The van der Waals surface area contributed by atoms with Crippen LogP contribution in [0, 0.1) is 17.0 Å². The van der Waals surface area contributed by atoms with Gasteiger partial charge in [0, 0.05) is 11.1 Å². The van der Waals surface area contributed by atoms with Crippen molar-refractivity contribution in [2.45, 2.75) is 38.6 Å². The SMILES string of the molecule is Cc1cccc(-c2nnc(CBr)n2C(C)(C)C)c1[N+](=O)[O-]. The van der Waals surface area contributed by atoms with Gasteiger partial charge >= 0.3 is 0 Å². The molecule has 7 heteroatoms. The topological polar surface area (TPSA) is 73.8 Å². The van der Waals surface area contributed by atoms with Crippen LogP contribution < -0.4 is 0 Å². The number of nitro groups is 1. The molecule has 21 heavy (non-hydrogen) atoms. The van der Waals surface area contributed by atoms with Crippen molar-refractivity contribution in [1.29, 1.82) is 0 Å². The van der Waals surface area contributed by atoms with Gasteiger partial charge in [-0.25, -0.2) is 0 Å². The smallest absolute Gasteiger partial charge is 0.283 e. The maximum atomic E-state index is 11.4. The highest BCUT2D eigenvalue weighted by Gasteiger charge is 2.28. The van der Waals surface area contributed by atoms with Crippen LogP contribution >= 0.6 is 15.9 Å². The lowest BCUT2D eigenvalue weighted by Gasteiger charge is -2.24. The molecule has 0 saturated heterocycles. The fraction of sp³-hybridized carbons (Fsp3) is 0.429. The first-order chi connectivity index (χ1) is 9.77. The van der Waals surface area contributed by atoms with Crippen molar-refractivity contribution in [3.8, 4) is 11.4 Å². The van der Waals surface area contributed by atoms with Crippen molar-refractivity contribution in [2.24, 2.45) is 0 Å². The summed E-state index contributed by atoms with van der Waals surface area (Å²) in [5.74, 6) is 1.26. The third kappa shape index (κ3) is 2.83. The summed E-state index contributed by atoms with van der Waals surface area (Å²) in [5.41, 5.74) is 0.909. The summed E-state index contributed by atoms with van der Waals surface area (Å²) in [6.07, 6.45) is 0. The maximum Gasteiger partial charge on any atom is 0.283 e. The number of nitrogens with zero attached hydrogens (tertiary/aromatic N) is 4. The summed E-state index contributed by atoms with van der Waals surface area (Å²) in [6, 6.07) is 5.24. The largest absolute Gasteiger partial charge is 0.305 e. The second kappa shape index (κ2) is 5.55. The van der Waals surface area contributed by atoms with Crippen LogP contribution in [-0.4, -0.2) is 19.7 Å². The molecule has 0 atom stereocenters. The highest BCUT2D eigenvalue weighted by atomic mass is 79.9. The Morgan fingerprint density at radius 1 is 1.33 bits per heavy atom. The molecule has 2 aromatic rings. The van der Waals surface area contributed by atoms with E-state index in [1.54, 1.807) is 25.1 Å². The quantitative estimate of drug-likeness (QED) is 0.478. The fourth-order valence-electron chi connectivity index (χ4n) is 2.36. The number of hydrogen-bond donors (Lipinski definition) is 0. The molecule has 0 aliphatic carbocycles. The number of hydrogen-bond acceptors (Lipinski definition) is 4. The van der Waals surface area contributed by atoms with E-state index in [1.807, 2.05) is 25.3 Å². The van der Waals surface area contributed by atoms with Gasteiger partial charge in [-0.1, -0.05) is 28.1 Å². The lowest BCUT2D eigenvalue weighted by atomic mass is 10.0. The van der Waals surface area contributed by atoms with Gasteiger partial charge in [-0.05, 0) is 33.8 Å². The van der Waals surface area contributed by atoms with Crippen LogP contribution in [0.5, 0.6) is 0 Å². The Kier molecular flexibility index (Phi) is 4.13. The van der Waals surface area contributed by atoms with Crippen LogP contribution in [0.2, 0.25) is 0 Å². The highest BCUT2D eigenvalue weighted by Crippen LogP contribution is 2.34. The van der Waals surface area contributed by atoms with E-state index in [0.29, 0.717) is 22.3 Å². The lowest BCUT2D eigenvalue weighted by molar-refractivity contribution is -0.384. The molecule has 0 saturated carbocycles. The summed E-state index contributed by atoms with van der Waals surface area (Å²) in [7, 11) is 0. The van der Waals surface area contributed by atoms with Crippen LogP contribution in [0.4, 0.5) is 5.69 Å². The first-order valence-corrected chi connectivity index (χ1v) is 7.64. The van der Waals surface area contributed by atoms with Crippen LogP contribution in [-0.2, 0) is 10.9 Å². The normalized spacial score (nSPS) is 11.7. The monoisotopic (exact) mass is 352 g/mol. The molecule has 0 bridgehead atoms. The minimum Gasteiger partial charge on any atom is -0.305 e. The van der Waals surface area contributed by atoms with Gasteiger partial charge in [0.2, 0.25) is 0 Å². The Balaban J connectivity index is 2.78. The summed E-state index contributed by atoms with van der Waals surface area (Å²) in [6.45, 7) is 7.79. The Morgan fingerprint density at radius 2 is 2.00 bits per heavy atom. The standard InChI is InChI=1S/C14H17BrN4O2/c1-9-6-5-7-10(12(9)19(20)21)13-17-16-11(8-15)18(13)14(2,3)4/h5-7H,8H2,1-4H3. The third-order valence-corrected chi connectivity index (χ3v) is 3.68. The van der Waals surface area contributed by atoms with Crippen LogP contribution in [0.1, 0.15) is 32.2 Å². The van der Waals surface area contributed by atoms with Gasteiger partial charge in [0.1, 0.15) is 5.82 Å². The average Bonchev–Trinajstić information content (AvgIpc) is 2.81. The number of aromatic nitrogens is 3. The summed E-state index contributed by atoms with van der Waals surface area (Å²) >= 11 is 3.39. The van der Waals surface area contributed by atoms with E-state index in [0.717, 1.165) is 5.82 Å². The molecule has 112 valence electrons. The molecule has 6 nitrogen and oxygen atoms in total. The third-order valence-electron chi connectivity index (χ3n) is 3.18. The van der Waals surface area contributed by atoms with Gasteiger partial charge in [0.25, 0.3) is 5.69 Å². The van der Waals surface area contributed by atoms with E-state index < -0.39 is 0 Å². The van der Waals surface area contributed by atoms with E-state index in [1.165, 1.54) is 0 Å². The Labute approximate surface area is 131 Å². The number of para-hydroxylation sites is 1. The second-order valence-corrected chi connectivity index (χ2v) is 6.37. The molecular formula is C14H17BrN4O2. The van der Waals surface area contributed by atoms with E-state index in [2.05, 4.69) is 26.1 Å². The molecule has 0 radical (unpaired) electrons. The highest BCUT2D eigenvalue weighted by molar-refractivity contribution is 9.08. The summed E-state index contributed by atoms with van der Waals surface area (Å²) in [4.78, 5) is 11.0. The summed E-state index contributed by atoms with van der Waals surface area (Å²) < 4.78 is 1.93. The predicted molar refractivity (Wildman–Crippen MR) is 84.5 cm³/mol. The first kappa shape index (κ1) is 15.6. The zero-order valence-corrected chi connectivity index (χ0v) is 14.0. The van der Waals surface area contributed by atoms with Gasteiger partial charge in [0.05, 0.1) is 15.8 Å². The Bertz CT molecular complexity index is 689. The molecule has 1 heterocycles. The van der Waals surface area contributed by atoms with E-state index in [-0.39, 0.29) is 16.1 Å². The lowest BCUT2D eigenvalue weighted by Crippen LogP contribution is -2.25. The van der Waals surface area contributed by atoms with Crippen LogP contribution in [0.3, 0.4) is 0 Å². The minimum absolute atomic E-state index is 0.0801. The number of rotatable bonds is 3. The van der Waals surface area contributed by atoms with Gasteiger partial charge in [-0.2, -0.15) is 0 Å². The van der Waals surface area contributed by atoms with Crippen molar-refractivity contribution >= 4 is 21.6 Å². The maximum absolute atomic E-state index is 11.4. The molecule has 0 unspecified atom stereocenters. The molecule has 0 aliphatic heterocycles. The van der Waals surface area contributed by atoms with E-state index in [9.17, 15) is 10.1 Å². The van der Waals surface area contributed by atoms with E-state index in [4.69, 9.17) is 0 Å². The molecule has 0 N–H and O–H groups in total. The van der Waals surface area contributed by atoms with E-state index >= 15 is 0 Å². The van der Waals surface area contributed by atoms with Crippen molar-refractivity contribution in [3.63, 3.8) is 0 Å². The second-order valence-electron chi connectivity index (χ2n) is 5.81. The van der Waals surface area contributed by atoms with Crippen molar-refractivity contribution in [2.75, 3.05) is 0 Å². The van der Waals surface area contributed by atoms with Crippen LogP contribution in [0.25, 0.3) is 11.4 Å². The van der Waals surface area contributed by atoms with Crippen molar-refractivity contribution in [3.05, 3.63) is 39.7 Å². The molecule has 2 rings (SSSR count). The molecular weight excluding hydrogens is 336 g/mol. The predicted octanol–water partition coefficient (Wildman–Crippen LogP) is 3.81. The van der Waals surface area contributed by atoms with Crippen molar-refractivity contribution in [1.82, 2.24) is 14.8 Å². The molecule has 1 aromatic heterocycles. The molecule has 1 aromatic carbocycles. The number of nitro benzene ring substituents is 1. The van der Waals surface area contributed by atoms with Gasteiger partial charge in [0.15, 0.2) is 5.82 Å². The van der Waals surface area contributed by atoms with Gasteiger partial charge < -0.3 is 4.57 Å². The number of alkyl halides is 1. The number of halogens is 1. The fourth-order valence-corrected chi connectivity index (χ4v) is 2.73. The van der Waals surface area contributed by atoms with Gasteiger partial charge in [-0.3, -0.25) is 10.1 Å². The van der Waals surface area contributed by atoms with Crippen LogP contribution in [0.15, 0.2) is 18.2 Å². The van der Waals surface area contributed by atoms with Gasteiger partial charge in [-0.15, -0.1) is 10.2 Å². The molecule has 0 spiro atoms. The molecule has 0 aliphatic rings. The number of aryl methyl sites for hydroxylation is 1. The average molecular weight is 353 g/mol. The Hall–Kier alpha value is -1.76. The molecule has 0 fully saturated rings. The first-order valence-electron chi connectivity index (χ1n) is 6.52. The summed E-state index contributed by atoms with van der Waals surface area (Å²) in [5, 5.41) is 20.3. The van der Waals surface area contributed by atoms with Crippen molar-refractivity contribution < 1.29 is 4.92 Å². The minimum atomic E-state index is -0.361. The zero-order chi connectivity index (χ0) is 15.8. The Morgan fingerprint density at radius 3 is 2.52 bits per heavy atom.